The van der Waals surface area contributed by atoms with Crippen LogP contribution in [0.3, 0.4) is 0 Å². The predicted molar refractivity (Wildman–Crippen MR) is 85.1 cm³/mol. The Bertz CT molecular complexity index is 684. The van der Waals surface area contributed by atoms with Gasteiger partial charge in [-0.15, -0.1) is 11.3 Å². The summed E-state index contributed by atoms with van der Waals surface area (Å²) in [6.07, 6.45) is 3.05. The van der Waals surface area contributed by atoms with Crippen molar-refractivity contribution in [2.75, 3.05) is 6.54 Å². The number of imidazole rings is 1. The molecule has 0 fully saturated rings. The van der Waals surface area contributed by atoms with E-state index in [1.807, 2.05) is 23.7 Å². The zero-order valence-corrected chi connectivity index (χ0v) is 12.5. The Morgan fingerprint density at radius 1 is 1.25 bits per heavy atom. The van der Waals surface area contributed by atoms with Crippen LogP contribution in [0.25, 0.3) is 11.0 Å². The summed E-state index contributed by atoms with van der Waals surface area (Å²) in [5.74, 6) is 0. The van der Waals surface area contributed by atoms with Crippen molar-refractivity contribution in [1.82, 2.24) is 14.9 Å². The molecule has 0 aliphatic heterocycles. The molecule has 0 saturated carbocycles. The normalized spacial score (nSPS) is 11.2. The second-order valence-corrected chi connectivity index (χ2v) is 5.98. The van der Waals surface area contributed by atoms with Gasteiger partial charge < -0.3 is 9.88 Å². The number of hydrogen-bond acceptors (Lipinski definition) is 3. The van der Waals surface area contributed by atoms with Gasteiger partial charge in [0.25, 0.3) is 0 Å². The number of benzene rings is 1. The van der Waals surface area contributed by atoms with E-state index in [2.05, 4.69) is 51.4 Å². The van der Waals surface area contributed by atoms with Crippen LogP contribution < -0.4 is 5.32 Å². The van der Waals surface area contributed by atoms with E-state index in [4.69, 9.17) is 0 Å². The lowest BCUT2D eigenvalue weighted by molar-refractivity contribution is 0.590. The molecule has 20 heavy (non-hydrogen) atoms. The molecule has 0 amide bonds. The fraction of sp³-hybridized carbons (Fsp3) is 0.312. The smallest absolute Gasteiger partial charge is 0.0958 e. The maximum atomic E-state index is 4.41. The Hall–Kier alpha value is -1.65. The monoisotopic (exact) mass is 285 g/mol. The van der Waals surface area contributed by atoms with Crippen molar-refractivity contribution < 1.29 is 0 Å². The van der Waals surface area contributed by atoms with Gasteiger partial charge in [-0.25, -0.2) is 4.98 Å². The Kier molecular flexibility index (Phi) is 4.14. The molecule has 1 aromatic carbocycles. The molecule has 1 N–H and O–H groups in total. The molecule has 0 aliphatic rings. The van der Waals surface area contributed by atoms with Gasteiger partial charge in [0.05, 0.1) is 17.4 Å². The van der Waals surface area contributed by atoms with Crippen LogP contribution in [0.2, 0.25) is 0 Å². The summed E-state index contributed by atoms with van der Waals surface area (Å²) < 4.78 is 2.23. The fourth-order valence-corrected chi connectivity index (χ4v) is 3.23. The molecular formula is C16H19N3S. The van der Waals surface area contributed by atoms with Gasteiger partial charge in [-0.3, -0.25) is 0 Å². The first-order valence-corrected chi connectivity index (χ1v) is 7.86. The number of rotatable bonds is 6. The van der Waals surface area contributed by atoms with Gasteiger partial charge in [-0.2, -0.15) is 0 Å². The quantitative estimate of drug-likeness (QED) is 0.701. The van der Waals surface area contributed by atoms with Crippen molar-refractivity contribution in [3.63, 3.8) is 0 Å². The Morgan fingerprint density at radius 2 is 2.15 bits per heavy atom. The summed E-state index contributed by atoms with van der Waals surface area (Å²) >= 11 is 1.83. The van der Waals surface area contributed by atoms with Crippen molar-refractivity contribution in [2.45, 2.75) is 26.4 Å². The van der Waals surface area contributed by atoms with Gasteiger partial charge in [0.1, 0.15) is 0 Å². The molecule has 2 aromatic heterocycles. The van der Waals surface area contributed by atoms with E-state index in [0.717, 1.165) is 31.6 Å². The molecule has 104 valence electrons. The van der Waals surface area contributed by atoms with E-state index in [0.29, 0.717) is 0 Å². The average molecular weight is 285 g/mol. The number of aromatic nitrogens is 2. The van der Waals surface area contributed by atoms with Gasteiger partial charge in [0.2, 0.25) is 0 Å². The first-order chi connectivity index (χ1) is 9.84. The first-order valence-electron chi connectivity index (χ1n) is 6.98. The van der Waals surface area contributed by atoms with E-state index in [9.17, 15) is 0 Å². The van der Waals surface area contributed by atoms with Gasteiger partial charge in [0, 0.05) is 18.0 Å². The summed E-state index contributed by atoms with van der Waals surface area (Å²) in [5.41, 5.74) is 3.69. The summed E-state index contributed by atoms with van der Waals surface area (Å²) in [7, 11) is 0. The summed E-state index contributed by atoms with van der Waals surface area (Å²) in [6, 6.07) is 10.5. The van der Waals surface area contributed by atoms with Crippen LogP contribution >= 0.6 is 11.3 Å². The van der Waals surface area contributed by atoms with Crippen molar-refractivity contribution in [3.05, 3.63) is 52.5 Å². The molecule has 0 atom stereocenters. The second-order valence-electron chi connectivity index (χ2n) is 4.98. The third-order valence-corrected chi connectivity index (χ3v) is 4.56. The molecule has 3 aromatic rings. The van der Waals surface area contributed by atoms with Crippen molar-refractivity contribution in [2.24, 2.45) is 0 Å². The van der Waals surface area contributed by atoms with E-state index >= 15 is 0 Å². The van der Waals surface area contributed by atoms with E-state index < -0.39 is 0 Å². The lowest BCUT2D eigenvalue weighted by Crippen LogP contribution is -2.16. The van der Waals surface area contributed by atoms with Gasteiger partial charge in [0.15, 0.2) is 0 Å². The van der Waals surface area contributed by atoms with Crippen LogP contribution in [0.15, 0.2) is 42.0 Å². The maximum Gasteiger partial charge on any atom is 0.0958 e. The standard InChI is InChI=1S/C16H19N3S/c1-13-7-10-20-16(13)11-17-8-4-9-19-12-18-14-5-2-3-6-15(14)19/h2-3,5-7,10,12,17H,4,8-9,11H2,1H3. The van der Waals surface area contributed by atoms with Crippen LogP contribution in [-0.2, 0) is 13.1 Å². The molecule has 0 aliphatic carbocycles. The van der Waals surface area contributed by atoms with E-state index in [-0.39, 0.29) is 0 Å². The molecule has 0 saturated heterocycles. The Labute approximate surface area is 123 Å². The molecule has 0 bridgehead atoms. The third kappa shape index (κ3) is 2.92. The molecular weight excluding hydrogens is 266 g/mol. The maximum absolute atomic E-state index is 4.41. The van der Waals surface area contributed by atoms with Gasteiger partial charge in [-0.05, 0) is 49.0 Å². The highest BCUT2D eigenvalue weighted by molar-refractivity contribution is 7.10. The highest BCUT2D eigenvalue weighted by atomic mass is 32.1. The Morgan fingerprint density at radius 3 is 3.00 bits per heavy atom. The molecule has 2 heterocycles. The van der Waals surface area contributed by atoms with E-state index in [1.54, 1.807) is 0 Å². The predicted octanol–water partition coefficient (Wildman–Crippen LogP) is 3.59. The fourth-order valence-electron chi connectivity index (χ4n) is 2.35. The zero-order valence-electron chi connectivity index (χ0n) is 11.7. The number of thiophene rings is 1. The number of nitrogens with zero attached hydrogens (tertiary/aromatic N) is 2. The molecule has 3 rings (SSSR count). The summed E-state index contributed by atoms with van der Waals surface area (Å²) in [6.45, 7) is 5.19. The highest BCUT2D eigenvalue weighted by Crippen LogP contribution is 2.15. The molecule has 0 radical (unpaired) electrons. The highest BCUT2D eigenvalue weighted by Gasteiger charge is 2.01. The largest absolute Gasteiger partial charge is 0.331 e. The summed E-state index contributed by atoms with van der Waals surface area (Å²) in [5, 5.41) is 5.67. The van der Waals surface area contributed by atoms with Crippen molar-refractivity contribution in [1.29, 1.82) is 0 Å². The molecule has 3 nitrogen and oxygen atoms in total. The number of nitrogens with one attached hydrogen (secondary N) is 1. The number of aryl methyl sites for hydroxylation is 2. The van der Waals surface area contributed by atoms with E-state index in [1.165, 1.54) is 16.0 Å². The first kappa shape index (κ1) is 13.3. The minimum Gasteiger partial charge on any atom is -0.331 e. The van der Waals surface area contributed by atoms with Crippen molar-refractivity contribution >= 4 is 22.4 Å². The number of para-hydroxylation sites is 2. The number of fused-ring (bicyclic) bond motifs is 1. The minimum atomic E-state index is 0.980. The van der Waals surface area contributed by atoms with Crippen molar-refractivity contribution in [3.8, 4) is 0 Å². The topological polar surface area (TPSA) is 29.9 Å². The van der Waals surface area contributed by atoms with Gasteiger partial charge >= 0.3 is 0 Å². The second kappa shape index (κ2) is 6.20. The van der Waals surface area contributed by atoms with Crippen LogP contribution in [0, 0.1) is 6.92 Å². The van der Waals surface area contributed by atoms with Crippen LogP contribution in [0.5, 0.6) is 0 Å². The SMILES string of the molecule is Cc1ccsc1CNCCCn1cnc2ccccc21. The lowest BCUT2D eigenvalue weighted by Gasteiger charge is -2.06. The van der Waals surface area contributed by atoms with Crippen LogP contribution in [-0.4, -0.2) is 16.1 Å². The number of hydrogen-bond donors (Lipinski definition) is 1. The minimum absolute atomic E-state index is 0.980. The average Bonchev–Trinajstić information content (AvgIpc) is 3.06. The third-order valence-electron chi connectivity index (χ3n) is 3.53. The summed E-state index contributed by atoms with van der Waals surface area (Å²) in [4.78, 5) is 5.86. The van der Waals surface area contributed by atoms with Gasteiger partial charge in [-0.1, -0.05) is 12.1 Å². The zero-order chi connectivity index (χ0) is 13.8. The molecule has 4 heteroatoms. The lowest BCUT2D eigenvalue weighted by atomic mass is 10.3. The molecule has 0 unspecified atom stereocenters. The molecule has 0 spiro atoms. The van der Waals surface area contributed by atoms with Crippen LogP contribution in [0.1, 0.15) is 16.9 Å². The Balaban J connectivity index is 1.47. The van der Waals surface area contributed by atoms with Crippen LogP contribution in [0.4, 0.5) is 0 Å².